The third-order valence-corrected chi connectivity index (χ3v) is 7.07. The summed E-state index contributed by atoms with van der Waals surface area (Å²) in [6.45, 7) is 1.30. The van der Waals surface area contributed by atoms with Crippen molar-refractivity contribution in [3.8, 4) is 0 Å². The number of aromatic nitrogens is 1. The third kappa shape index (κ3) is 3.79. The van der Waals surface area contributed by atoms with Crippen LogP contribution in [-0.2, 0) is 9.59 Å². The van der Waals surface area contributed by atoms with Crippen LogP contribution in [0.2, 0.25) is 0 Å². The van der Waals surface area contributed by atoms with E-state index in [4.69, 9.17) is 10.7 Å². The van der Waals surface area contributed by atoms with Crippen molar-refractivity contribution in [2.24, 2.45) is 10.8 Å². The predicted molar refractivity (Wildman–Crippen MR) is 122 cm³/mol. The quantitative estimate of drug-likeness (QED) is 0.684. The predicted octanol–water partition coefficient (Wildman–Crippen LogP) is 3.12. The van der Waals surface area contributed by atoms with Crippen LogP contribution >= 0.6 is 11.3 Å². The Morgan fingerprint density at radius 3 is 2.61 bits per heavy atom. The maximum atomic E-state index is 13.3. The van der Waals surface area contributed by atoms with Crippen molar-refractivity contribution in [1.29, 1.82) is 0 Å². The number of primary amides is 1. The number of likely N-dealkylation sites (tertiary alicyclic amines) is 1. The van der Waals surface area contributed by atoms with Gasteiger partial charge in [-0.2, -0.15) is 5.10 Å². The van der Waals surface area contributed by atoms with Crippen LogP contribution in [0.3, 0.4) is 0 Å². The Morgan fingerprint density at radius 2 is 1.84 bits per heavy atom. The molecule has 2 aromatic carbocycles. The number of nitrogens with zero attached hydrogens (tertiary/aromatic N) is 4. The monoisotopic (exact) mass is 433 g/mol. The molecule has 0 aliphatic carbocycles. The fraction of sp³-hybridized carbons (Fsp3) is 0.304. The topological polar surface area (TPSA) is 91.9 Å². The molecule has 2 amide bonds. The molecule has 7 nitrogen and oxygen atoms in total. The molecule has 0 saturated carbocycles. The van der Waals surface area contributed by atoms with Gasteiger partial charge in [-0.1, -0.05) is 30.3 Å². The van der Waals surface area contributed by atoms with E-state index < -0.39 is 11.9 Å². The molecule has 3 aromatic rings. The summed E-state index contributed by atoms with van der Waals surface area (Å²) in [5, 5.41) is 7.16. The van der Waals surface area contributed by atoms with Crippen LogP contribution in [0.25, 0.3) is 10.2 Å². The number of carbonyl (C=O) groups excluding carboxylic acids is 2. The lowest BCUT2D eigenvalue weighted by atomic mass is 9.98. The molecule has 0 bridgehead atoms. The first kappa shape index (κ1) is 19.7. The van der Waals surface area contributed by atoms with Gasteiger partial charge in [-0.3, -0.25) is 14.6 Å². The van der Waals surface area contributed by atoms with E-state index in [2.05, 4.69) is 11.2 Å². The number of piperidine rings is 1. The summed E-state index contributed by atoms with van der Waals surface area (Å²) in [6.07, 6.45) is 2.16. The summed E-state index contributed by atoms with van der Waals surface area (Å²) < 4.78 is 1.17. The van der Waals surface area contributed by atoms with Crippen LogP contribution < -0.4 is 10.7 Å². The molecule has 2 N–H and O–H groups in total. The second-order valence-electron chi connectivity index (χ2n) is 7.96. The van der Waals surface area contributed by atoms with E-state index in [-0.39, 0.29) is 18.2 Å². The molecule has 2 aliphatic heterocycles. The number of nitrogens with two attached hydrogens (primary N) is 1. The minimum absolute atomic E-state index is 0.115. The third-order valence-electron chi connectivity index (χ3n) is 5.87. The van der Waals surface area contributed by atoms with Crippen LogP contribution in [-0.4, -0.2) is 46.5 Å². The first-order valence-electron chi connectivity index (χ1n) is 10.5. The average Bonchev–Trinajstić information content (AvgIpc) is 3.44. The maximum absolute atomic E-state index is 13.3. The van der Waals surface area contributed by atoms with Gasteiger partial charge in [0.15, 0.2) is 0 Å². The molecule has 8 heteroatoms. The largest absolute Gasteiger partial charge is 0.368 e. The van der Waals surface area contributed by atoms with Crippen LogP contribution in [0.15, 0.2) is 59.7 Å². The molecule has 0 radical (unpaired) electrons. The number of carbonyl (C=O) groups is 2. The SMILES string of the molecule is NC(=O)[C@H]1CC(C(=O)N2CCC[C@H](c3nc4ccccc4s3)C2)=NN1c1ccccc1. The highest BCUT2D eigenvalue weighted by molar-refractivity contribution is 7.18. The van der Waals surface area contributed by atoms with Crippen LogP contribution in [0.5, 0.6) is 0 Å². The van der Waals surface area contributed by atoms with E-state index in [1.165, 1.54) is 4.70 Å². The van der Waals surface area contributed by atoms with E-state index in [0.717, 1.165) is 29.1 Å². The first-order chi connectivity index (χ1) is 15.1. The normalized spacial score (nSPS) is 21.4. The Kier molecular flexibility index (Phi) is 5.15. The average molecular weight is 434 g/mol. The molecular formula is C23H23N5O2S. The summed E-state index contributed by atoms with van der Waals surface area (Å²) in [5.41, 5.74) is 7.76. The van der Waals surface area contributed by atoms with Gasteiger partial charge in [0.05, 0.1) is 20.9 Å². The van der Waals surface area contributed by atoms with E-state index in [1.807, 2.05) is 53.4 Å². The minimum atomic E-state index is -0.647. The summed E-state index contributed by atoms with van der Waals surface area (Å²) in [7, 11) is 0. The number of hydrazone groups is 1. The second-order valence-corrected chi connectivity index (χ2v) is 9.02. The Labute approximate surface area is 184 Å². The molecule has 5 rings (SSSR count). The van der Waals surface area contributed by atoms with Crippen LogP contribution in [0, 0.1) is 0 Å². The lowest BCUT2D eigenvalue weighted by molar-refractivity contribution is -0.125. The number of fused-ring (bicyclic) bond motifs is 1. The molecule has 1 aromatic heterocycles. The number of benzene rings is 2. The van der Waals surface area contributed by atoms with E-state index in [0.29, 0.717) is 18.8 Å². The van der Waals surface area contributed by atoms with Gasteiger partial charge < -0.3 is 10.6 Å². The van der Waals surface area contributed by atoms with Gasteiger partial charge in [-0.05, 0) is 37.1 Å². The van der Waals surface area contributed by atoms with Crippen molar-refractivity contribution < 1.29 is 9.59 Å². The smallest absolute Gasteiger partial charge is 0.270 e. The number of anilines is 1. The van der Waals surface area contributed by atoms with Gasteiger partial charge in [-0.15, -0.1) is 11.3 Å². The highest BCUT2D eigenvalue weighted by atomic mass is 32.1. The van der Waals surface area contributed by atoms with E-state index in [1.54, 1.807) is 16.3 Å². The molecule has 0 unspecified atom stereocenters. The second kappa shape index (κ2) is 8.11. The zero-order valence-electron chi connectivity index (χ0n) is 17.0. The van der Waals surface area contributed by atoms with Gasteiger partial charge in [0, 0.05) is 25.4 Å². The number of amides is 2. The van der Waals surface area contributed by atoms with Crippen molar-refractivity contribution in [2.45, 2.75) is 31.2 Å². The van der Waals surface area contributed by atoms with Crippen LogP contribution in [0.4, 0.5) is 5.69 Å². The standard InChI is InChI=1S/C23H23N5O2S/c24-21(29)19-13-18(26-28(19)16-8-2-1-3-9-16)23(30)27-12-6-7-15(14-27)22-25-17-10-4-5-11-20(17)31-22/h1-5,8-11,15,19H,6-7,12-14H2,(H2,24,29)/t15-,19+/m0/s1. The fourth-order valence-corrected chi connectivity index (χ4v) is 5.38. The first-order valence-corrected chi connectivity index (χ1v) is 11.3. The highest BCUT2D eigenvalue weighted by Crippen LogP contribution is 2.33. The van der Waals surface area contributed by atoms with Crippen LogP contribution in [0.1, 0.15) is 30.2 Å². The lowest BCUT2D eigenvalue weighted by Crippen LogP contribution is -2.43. The molecule has 0 spiro atoms. The molecule has 3 heterocycles. The van der Waals surface area contributed by atoms with E-state index in [9.17, 15) is 9.59 Å². The molecular weight excluding hydrogens is 410 g/mol. The zero-order valence-corrected chi connectivity index (χ0v) is 17.8. The molecule has 1 fully saturated rings. The molecule has 2 aliphatic rings. The number of hydrogen-bond acceptors (Lipinski definition) is 6. The van der Waals surface area contributed by atoms with Crippen molar-refractivity contribution >= 4 is 44.8 Å². The highest BCUT2D eigenvalue weighted by Gasteiger charge is 2.37. The Morgan fingerprint density at radius 1 is 1.06 bits per heavy atom. The molecule has 1 saturated heterocycles. The Hall–Kier alpha value is -3.26. The van der Waals surface area contributed by atoms with Gasteiger partial charge in [0.25, 0.3) is 5.91 Å². The minimum Gasteiger partial charge on any atom is -0.368 e. The summed E-state index contributed by atoms with van der Waals surface area (Å²) in [4.78, 5) is 32.0. The number of para-hydroxylation sites is 2. The van der Waals surface area contributed by atoms with Gasteiger partial charge in [-0.25, -0.2) is 4.98 Å². The molecule has 158 valence electrons. The van der Waals surface area contributed by atoms with E-state index >= 15 is 0 Å². The van der Waals surface area contributed by atoms with Crippen molar-refractivity contribution in [2.75, 3.05) is 18.1 Å². The van der Waals surface area contributed by atoms with Crippen molar-refractivity contribution in [3.63, 3.8) is 0 Å². The zero-order chi connectivity index (χ0) is 21.4. The molecule has 2 atom stereocenters. The number of rotatable bonds is 4. The van der Waals surface area contributed by atoms with Crippen molar-refractivity contribution in [3.05, 3.63) is 59.6 Å². The molecule has 31 heavy (non-hydrogen) atoms. The lowest BCUT2D eigenvalue weighted by Gasteiger charge is -2.31. The maximum Gasteiger partial charge on any atom is 0.270 e. The summed E-state index contributed by atoms with van der Waals surface area (Å²) in [5.74, 6) is -0.383. The van der Waals surface area contributed by atoms with Crippen molar-refractivity contribution in [1.82, 2.24) is 9.88 Å². The fourth-order valence-electron chi connectivity index (χ4n) is 4.29. The number of thiazole rings is 1. The summed E-state index contributed by atoms with van der Waals surface area (Å²) in [6, 6.07) is 16.8. The van der Waals surface area contributed by atoms with Gasteiger partial charge in [0.1, 0.15) is 11.8 Å². The Bertz CT molecular complexity index is 1130. The Balaban J connectivity index is 1.36. The summed E-state index contributed by atoms with van der Waals surface area (Å²) >= 11 is 1.70. The number of hydrogen-bond donors (Lipinski definition) is 1. The van der Waals surface area contributed by atoms with Gasteiger partial charge in [0.2, 0.25) is 5.91 Å². The van der Waals surface area contributed by atoms with Gasteiger partial charge >= 0.3 is 0 Å².